The van der Waals surface area contributed by atoms with Crippen molar-refractivity contribution in [2.75, 3.05) is 5.32 Å². The molecule has 126 valence electrons. The van der Waals surface area contributed by atoms with Gasteiger partial charge in [0.1, 0.15) is 17.3 Å². The molecule has 0 aliphatic heterocycles. The number of nitro benzene ring substituents is 1. The van der Waals surface area contributed by atoms with Crippen LogP contribution in [-0.4, -0.2) is 10.8 Å². The lowest BCUT2D eigenvalue weighted by molar-refractivity contribution is -0.383. The number of nitrogens with one attached hydrogen (secondary N) is 2. The fraction of sp³-hybridized carbons (Fsp3) is 0.111. The SMILES string of the molecule is Cc1cccc(CN/C=C(/C#N)C(=O)Nc2ccccc2[N+](=O)[O-])c1. The molecule has 2 rings (SSSR count). The van der Waals surface area contributed by atoms with E-state index in [-0.39, 0.29) is 16.9 Å². The molecule has 7 nitrogen and oxygen atoms in total. The summed E-state index contributed by atoms with van der Waals surface area (Å²) in [5.74, 6) is -0.714. The second kappa shape index (κ2) is 8.26. The number of nitriles is 1. The van der Waals surface area contributed by atoms with Crippen LogP contribution in [-0.2, 0) is 11.3 Å². The van der Waals surface area contributed by atoms with Crippen LogP contribution in [0.5, 0.6) is 0 Å². The largest absolute Gasteiger partial charge is 0.386 e. The summed E-state index contributed by atoms with van der Waals surface area (Å²) in [7, 11) is 0. The molecule has 2 N–H and O–H groups in total. The van der Waals surface area contributed by atoms with Crippen molar-refractivity contribution in [3.63, 3.8) is 0 Å². The predicted octanol–water partition coefficient (Wildman–Crippen LogP) is 3.04. The summed E-state index contributed by atoms with van der Waals surface area (Å²) < 4.78 is 0. The number of hydrogen-bond donors (Lipinski definition) is 2. The molecule has 0 unspecified atom stereocenters. The number of aryl methyl sites for hydroxylation is 1. The third-order valence-electron chi connectivity index (χ3n) is 3.35. The van der Waals surface area contributed by atoms with Crippen molar-refractivity contribution in [2.24, 2.45) is 0 Å². The first-order valence-corrected chi connectivity index (χ1v) is 7.45. The molecule has 0 aliphatic rings. The Hall–Kier alpha value is -3.66. The quantitative estimate of drug-likeness (QED) is 0.365. The summed E-state index contributed by atoms with van der Waals surface area (Å²) in [6.45, 7) is 2.42. The summed E-state index contributed by atoms with van der Waals surface area (Å²) >= 11 is 0. The van der Waals surface area contributed by atoms with Crippen molar-refractivity contribution in [2.45, 2.75) is 13.5 Å². The number of hydrogen-bond acceptors (Lipinski definition) is 5. The number of benzene rings is 2. The van der Waals surface area contributed by atoms with Gasteiger partial charge in [-0.1, -0.05) is 42.0 Å². The van der Waals surface area contributed by atoms with Gasteiger partial charge in [0.15, 0.2) is 0 Å². The van der Waals surface area contributed by atoms with E-state index in [2.05, 4.69) is 10.6 Å². The molecular weight excluding hydrogens is 320 g/mol. The van der Waals surface area contributed by atoms with Gasteiger partial charge in [-0.15, -0.1) is 0 Å². The van der Waals surface area contributed by atoms with Crippen molar-refractivity contribution in [3.05, 3.63) is 81.5 Å². The van der Waals surface area contributed by atoms with Gasteiger partial charge >= 0.3 is 0 Å². The highest BCUT2D eigenvalue weighted by Crippen LogP contribution is 2.23. The summed E-state index contributed by atoms with van der Waals surface area (Å²) in [5.41, 5.74) is 1.74. The zero-order valence-electron chi connectivity index (χ0n) is 13.5. The zero-order chi connectivity index (χ0) is 18.2. The monoisotopic (exact) mass is 336 g/mol. The van der Waals surface area contributed by atoms with Crippen molar-refractivity contribution in [1.82, 2.24) is 5.32 Å². The summed E-state index contributed by atoms with van der Waals surface area (Å²) in [5, 5.41) is 25.4. The van der Waals surface area contributed by atoms with Gasteiger partial charge in [0.25, 0.3) is 11.6 Å². The van der Waals surface area contributed by atoms with E-state index >= 15 is 0 Å². The fourth-order valence-electron chi connectivity index (χ4n) is 2.17. The van der Waals surface area contributed by atoms with Crippen LogP contribution in [0.25, 0.3) is 0 Å². The minimum absolute atomic E-state index is 0.0392. The van der Waals surface area contributed by atoms with E-state index in [0.717, 1.165) is 11.1 Å². The number of anilines is 1. The number of nitrogens with zero attached hydrogens (tertiary/aromatic N) is 2. The Bertz CT molecular complexity index is 869. The molecule has 0 saturated heterocycles. The van der Waals surface area contributed by atoms with E-state index in [4.69, 9.17) is 5.26 Å². The van der Waals surface area contributed by atoms with Crippen LogP contribution in [0.2, 0.25) is 0 Å². The van der Waals surface area contributed by atoms with Gasteiger partial charge in [-0.05, 0) is 18.6 Å². The summed E-state index contributed by atoms with van der Waals surface area (Å²) in [4.78, 5) is 22.5. The van der Waals surface area contributed by atoms with Crippen LogP contribution in [0.4, 0.5) is 11.4 Å². The fourth-order valence-corrected chi connectivity index (χ4v) is 2.17. The van der Waals surface area contributed by atoms with Crippen LogP contribution in [0.15, 0.2) is 60.3 Å². The van der Waals surface area contributed by atoms with Crippen LogP contribution < -0.4 is 10.6 Å². The van der Waals surface area contributed by atoms with E-state index < -0.39 is 10.8 Å². The normalized spacial score (nSPS) is 10.6. The van der Waals surface area contributed by atoms with Crippen LogP contribution in [0.1, 0.15) is 11.1 Å². The lowest BCUT2D eigenvalue weighted by atomic mass is 10.1. The molecule has 1 amide bonds. The predicted molar refractivity (Wildman–Crippen MR) is 93.4 cm³/mol. The summed E-state index contributed by atoms with van der Waals surface area (Å²) in [6, 6.07) is 15.3. The number of para-hydroxylation sites is 2. The first-order chi connectivity index (χ1) is 12.0. The number of amides is 1. The van der Waals surface area contributed by atoms with Crippen molar-refractivity contribution in [3.8, 4) is 6.07 Å². The Balaban J connectivity index is 2.06. The molecule has 2 aromatic rings. The highest BCUT2D eigenvalue weighted by molar-refractivity contribution is 6.07. The third kappa shape index (κ3) is 4.91. The van der Waals surface area contributed by atoms with Gasteiger partial charge in [0, 0.05) is 18.8 Å². The molecule has 0 heterocycles. The average Bonchev–Trinajstić information content (AvgIpc) is 2.59. The zero-order valence-corrected chi connectivity index (χ0v) is 13.5. The van der Waals surface area contributed by atoms with Crippen LogP contribution in [0.3, 0.4) is 0 Å². The minimum atomic E-state index is -0.714. The lowest BCUT2D eigenvalue weighted by Gasteiger charge is -2.06. The van der Waals surface area contributed by atoms with E-state index in [0.29, 0.717) is 6.54 Å². The van der Waals surface area contributed by atoms with E-state index in [1.54, 1.807) is 12.1 Å². The van der Waals surface area contributed by atoms with Crippen LogP contribution in [0, 0.1) is 28.4 Å². The molecular formula is C18H16N4O3. The maximum atomic E-state index is 12.2. The van der Waals surface area contributed by atoms with E-state index in [1.807, 2.05) is 31.2 Å². The highest BCUT2D eigenvalue weighted by atomic mass is 16.6. The molecule has 0 aromatic heterocycles. The number of rotatable bonds is 6. The maximum Gasteiger partial charge on any atom is 0.292 e. The van der Waals surface area contributed by atoms with Gasteiger partial charge in [0.05, 0.1) is 4.92 Å². The third-order valence-corrected chi connectivity index (χ3v) is 3.35. The standard InChI is InChI=1S/C18H16N4O3/c1-13-5-4-6-14(9-13)11-20-12-15(10-19)18(23)21-16-7-2-3-8-17(16)22(24)25/h2-9,12,20H,11H2,1H3,(H,21,23)/b15-12-. The molecule has 2 aromatic carbocycles. The smallest absolute Gasteiger partial charge is 0.292 e. The highest BCUT2D eigenvalue weighted by Gasteiger charge is 2.17. The Labute approximate surface area is 144 Å². The van der Waals surface area contributed by atoms with Gasteiger partial charge in [-0.25, -0.2) is 0 Å². The van der Waals surface area contributed by atoms with Gasteiger partial charge in [-0.3, -0.25) is 14.9 Å². The Morgan fingerprint density at radius 1 is 1.28 bits per heavy atom. The number of carbonyl (C=O) groups is 1. The van der Waals surface area contributed by atoms with E-state index in [9.17, 15) is 14.9 Å². The van der Waals surface area contributed by atoms with Crippen molar-refractivity contribution >= 4 is 17.3 Å². The van der Waals surface area contributed by atoms with Crippen molar-refractivity contribution in [1.29, 1.82) is 5.26 Å². The topological polar surface area (TPSA) is 108 Å². The van der Waals surface area contributed by atoms with Crippen LogP contribution >= 0.6 is 0 Å². The molecule has 0 fully saturated rings. The molecule has 0 saturated carbocycles. The number of nitro groups is 1. The second-order valence-corrected chi connectivity index (χ2v) is 5.27. The lowest BCUT2D eigenvalue weighted by Crippen LogP contribution is -2.17. The Morgan fingerprint density at radius 3 is 2.72 bits per heavy atom. The Kier molecular flexibility index (Phi) is 5.85. The maximum absolute atomic E-state index is 12.2. The van der Waals surface area contributed by atoms with Gasteiger partial charge in [0.2, 0.25) is 0 Å². The molecule has 7 heteroatoms. The minimum Gasteiger partial charge on any atom is -0.386 e. The first kappa shape index (κ1) is 17.7. The molecule has 25 heavy (non-hydrogen) atoms. The molecule has 0 radical (unpaired) electrons. The second-order valence-electron chi connectivity index (χ2n) is 5.27. The molecule has 0 spiro atoms. The number of carbonyl (C=O) groups excluding carboxylic acids is 1. The van der Waals surface area contributed by atoms with Gasteiger partial charge in [-0.2, -0.15) is 5.26 Å². The molecule has 0 aliphatic carbocycles. The van der Waals surface area contributed by atoms with Crippen molar-refractivity contribution < 1.29 is 9.72 Å². The summed E-state index contributed by atoms with van der Waals surface area (Å²) in [6.07, 6.45) is 1.30. The average molecular weight is 336 g/mol. The molecule has 0 atom stereocenters. The Morgan fingerprint density at radius 2 is 2.04 bits per heavy atom. The molecule has 0 bridgehead atoms. The van der Waals surface area contributed by atoms with E-state index in [1.165, 1.54) is 24.4 Å². The van der Waals surface area contributed by atoms with Gasteiger partial charge < -0.3 is 10.6 Å². The first-order valence-electron chi connectivity index (χ1n) is 7.45.